The van der Waals surface area contributed by atoms with Gasteiger partial charge in [0.15, 0.2) is 0 Å². The van der Waals surface area contributed by atoms with E-state index in [9.17, 15) is 33.9 Å². The van der Waals surface area contributed by atoms with Gasteiger partial charge in [0.2, 0.25) is 29.5 Å². The van der Waals surface area contributed by atoms with E-state index in [1.165, 1.54) is 19.1 Å². The number of phenolic OH excluding ortho intramolecular Hbond substituents is 1. The van der Waals surface area contributed by atoms with Crippen LogP contribution in [0.1, 0.15) is 70.3 Å². The predicted molar refractivity (Wildman–Crippen MR) is 162 cm³/mol. The summed E-state index contributed by atoms with van der Waals surface area (Å²) in [7, 11) is 0. The Labute approximate surface area is 257 Å². The summed E-state index contributed by atoms with van der Waals surface area (Å²) < 4.78 is 0. The van der Waals surface area contributed by atoms with Crippen LogP contribution < -0.4 is 38.5 Å². The van der Waals surface area contributed by atoms with Gasteiger partial charge in [-0.3, -0.25) is 28.8 Å². The number of primary amides is 1. The Hall–Kier alpha value is -4.24. The van der Waals surface area contributed by atoms with Gasteiger partial charge in [-0.1, -0.05) is 18.6 Å². The van der Waals surface area contributed by atoms with Crippen LogP contribution in [-0.4, -0.2) is 83.0 Å². The number of nitrogens with one attached hydrogen (secondary N) is 4. The number of benzene rings is 1. The first-order valence-corrected chi connectivity index (χ1v) is 14.8. The predicted octanol–water partition coefficient (Wildman–Crippen LogP) is -1.11. The summed E-state index contributed by atoms with van der Waals surface area (Å²) in [5.74, 6) is -3.93. The molecule has 1 rings (SSSR count). The van der Waals surface area contributed by atoms with Gasteiger partial charge < -0.3 is 48.7 Å². The molecule has 44 heavy (non-hydrogen) atoms. The van der Waals surface area contributed by atoms with Crippen LogP contribution in [0.15, 0.2) is 24.3 Å². The van der Waals surface area contributed by atoms with E-state index in [2.05, 4.69) is 21.3 Å². The van der Waals surface area contributed by atoms with Gasteiger partial charge >= 0.3 is 5.97 Å². The van der Waals surface area contributed by atoms with Crippen molar-refractivity contribution in [1.29, 1.82) is 0 Å². The quantitative estimate of drug-likeness (QED) is 0.0704. The number of nitrogens with two attached hydrogens (primary N) is 3. The molecule has 15 nitrogen and oxygen atoms in total. The van der Waals surface area contributed by atoms with Crippen molar-refractivity contribution in [2.24, 2.45) is 17.2 Å². The minimum absolute atomic E-state index is 0.0252. The minimum atomic E-state index is -1.11. The van der Waals surface area contributed by atoms with Gasteiger partial charge in [0, 0.05) is 19.4 Å². The Morgan fingerprint density at radius 3 is 2.02 bits per heavy atom. The van der Waals surface area contributed by atoms with Gasteiger partial charge in [-0.05, 0) is 76.1 Å². The zero-order valence-electron chi connectivity index (χ0n) is 25.2. The molecule has 0 spiro atoms. The Bertz CT molecular complexity index is 1100. The highest BCUT2D eigenvalue weighted by molar-refractivity contribution is 5.94. The molecule has 0 aliphatic carbocycles. The van der Waals surface area contributed by atoms with E-state index in [1.807, 2.05) is 0 Å². The number of phenols is 1. The summed E-state index contributed by atoms with van der Waals surface area (Å²) in [5.41, 5.74) is 17.5. The van der Waals surface area contributed by atoms with Crippen LogP contribution in [0.4, 0.5) is 0 Å². The Balaban J connectivity index is 2.81. The number of amides is 5. The molecule has 5 amide bonds. The molecule has 0 aliphatic rings. The van der Waals surface area contributed by atoms with E-state index in [0.717, 1.165) is 0 Å². The third-order valence-electron chi connectivity index (χ3n) is 6.74. The fourth-order valence-electron chi connectivity index (χ4n) is 4.16. The van der Waals surface area contributed by atoms with Gasteiger partial charge in [-0.15, -0.1) is 0 Å². The molecule has 0 bridgehead atoms. The molecule has 0 radical (unpaired) electrons. The van der Waals surface area contributed by atoms with Crippen molar-refractivity contribution in [1.82, 2.24) is 21.3 Å². The Morgan fingerprint density at radius 2 is 1.41 bits per heavy atom. The standard InChI is InChI=1S/C29H47N7O8/c1-18(34-27(42)21(31)17-19-9-11-20(37)12-10-19)26(41)35-22(7-4-5-15-30)29(44)36-23(13-14-24(32)38)28(43)33-16-6-2-3-8-25(39)40/h9-12,18,21-23,37H,2-8,13-17,30-31H2,1H3,(H2,32,38)(H,33,43)(H,34,42)(H,35,41)(H,36,44)(H,39,40)/t18-,21-,22-,23-/m0/s1. The van der Waals surface area contributed by atoms with E-state index in [4.69, 9.17) is 22.3 Å². The highest BCUT2D eigenvalue weighted by atomic mass is 16.4. The van der Waals surface area contributed by atoms with Crippen molar-refractivity contribution in [3.8, 4) is 5.75 Å². The number of carboxylic acid groups (broad SMARTS) is 1. The molecular formula is C29H47N7O8. The normalized spacial score (nSPS) is 13.5. The average molecular weight is 622 g/mol. The monoisotopic (exact) mass is 621 g/mol. The molecule has 0 aliphatic heterocycles. The molecule has 12 N–H and O–H groups in total. The first kappa shape index (κ1) is 37.8. The van der Waals surface area contributed by atoms with Gasteiger partial charge in [0.05, 0.1) is 6.04 Å². The van der Waals surface area contributed by atoms with Crippen LogP contribution in [0.2, 0.25) is 0 Å². The molecule has 0 fully saturated rings. The summed E-state index contributed by atoms with van der Waals surface area (Å²) in [6.45, 7) is 2.04. The second-order valence-electron chi connectivity index (χ2n) is 10.6. The van der Waals surface area contributed by atoms with Gasteiger partial charge in [-0.25, -0.2) is 0 Å². The number of hydrogen-bond acceptors (Lipinski definition) is 9. The minimum Gasteiger partial charge on any atom is -0.508 e. The van der Waals surface area contributed by atoms with Crippen molar-refractivity contribution >= 4 is 35.5 Å². The molecule has 1 aromatic rings. The van der Waals surface area contributed by atoms with Gasteiger partial charge in [-0.2, -0.15) is 0 Å². The smallest absolute Gasteiger partial charge is 0.303 e. The molecule has 0 saturated heterocycles. The van der Waals surface area contributed by atoms with Crippen LogP contribution in [0.25, 0.3) is 0 Å². The lowest BCUT2D eigenvalue weighted by atomic mass is 10.0. The van der Waals surface area contributed by atoms with Crippen LogP contribution in [-0.2, 0) is 35.2 Å². The Morgan fingerprint density at radius 1 is 0.773 bits per heavy atom. The lowest BCUT2D eigenvalue weighted by Gasteiger charge is -2.25. The molecule has 0 heterocycles. The maximum absolute atomic E-state index is 13.3. The number of aliphatic carboxylic acids is 1. The summed E-state index contributed by atoms with van der Waals surface area (Å²) in [4.78, 5) is 73.7. The second-order valence-corrected chi connectivity index (χ2v) is 10.6. The fraction of sp³-hybridized carbons (Fsp3) is 0.586. The van der Waals surface area contributed by atoms with E-state index in [-0.39, 0.29) is 44.4 Å². The molecule has 246 valence electrons. The molecule has 0 unspecified atom stereocenters. The lowest BCUT2D eigenvalue weighted by molar-refractivity contribution is -0.137. The maximum atomic E-state index is 13.3. The Kier molecular flexibility index (Phi) is 17.7. The molecule has 0 saturated carbocycles. The maximum Gasteiger partial charge on any atom is 0.303 e. The second kappa shape index (κ2) is 20.6. The number of hydrogen-bond donors (Lipinski definition) is 9. The summed E-state index contributed by atoms with van der Waals surface area (Å²) in [6, 6.07) is 1.99. The number of aromatic hydroxyl groups is 1. The number of carboxylic acids is 1. The van der Waals surface area contributed by atoms with Crippen molar-refractivity contribution in [3.05, 3.63) is 29.8 Å². The highest BCUT2D eigenvalue weighted by Crippen LogP contribution is 2.11. The van der Waals surface area contributed by atoms with Crippen molar-refractivity contribution in [2.75, 3.05) is 13.1 Å². The molecular weight excluding hydrogens is 574 g/mol. The summed E-state index contributed by atoms with van der Waals surface area (Å²) in [5, 5.41) is 28.6. The number of carbonyl (C=O) groups excluding carboxylic acids is 5. The van der Waals surface area contributed by atoms with Crippen LogP contribution in [0.5, 0.6) is 5.75 Å². The SMILES string of the molecule is C[C@H](NC(=O)[C@@H](N)Cc1ccc(O)cc1)C(=O)N[C@@H](CCCCN)C(=O)N[C@@H](CCC(N)=O)C(=O)NCCCCCC(=O)O. The topological polar surface area (TPSA) is 269 Å². The van der Waals surface area contributed by atoms with Gasteiger partial charge in [0.25, 0.3) is 0 Å². The first-order valence-electron chi connectivity index (χ1n) is 14.8. The van der Waals surface area contributed by atoms with E-state index in [1.54, 1.807) is 12.1 Å². The van der Waals surface area contributed by atoms with E-state index in [0.29, 0.717) is 44.2 Å². The molecule has 4 atom stereocenters. The third-order valence-corrected chi connectivity index (χ3v) is 6.74. The van der Waals surface area contributed by atoms with E-state index < -0.39 is 59.7 Å². The first-order chi connectivity index (χ1) is 20.8. The molecule has 0 aromatic heterocycles. The van der Waals surface area contributed by atoms with Crippen LogP contribution in [0.3, 0.4) is 0 Å². The number of rotatable bonds is 22. The average Bonchev–Trinajstić information content (AvgIpc) is 2.96. The number of unbranched alkanes of at least 4 members (excludes halogenated alkanes) is 3. The van der Waals surface area contributed by atoms with E-state index >= 15 is 0 Å². The van der Waals surface area contributed by atoms with Crippen molar-refractivity contribution in [2.45, 2.75) is 95.3 Å². The zero-order valence-corrected chi connectivity index (χ0v) is 25.2. The van der Waals surface area contributed by atoms with Crippen LogP contribution >= 0.6 is 0 Å². The largest absolute Gasteiger partial charge is 0.508 e. The fourth-order valence-corrected chi connectivity index (χ4v) is 4.16. The summed E-state index contributed by atoms with van der Waals surface area (Å²) in [6.07, 6.45) is 2.78. The van der Waals surface area contributed by atoms with Crippen molar-refractivity contribution < 1.29 is 39.0 Å². The molecule has 15 heteroatoms. The highest BCUT2D eigenvalue weighted by Gasteiger charge is 2.29. The van der Waals surface area contributed by atoms with Gasteiger partial charge in [0.1, 0.15) is 23.9 Å². The summed E-state index contributed by atoms with van der Waals surface area (Å²) >= 11 is 0. The van der Waals surface area contributed by atoms with Crippen LogP contribution in [0, 0.1) is 0 Å². The number of carbonyl (C=O) groups is 6. The zero-order chi connectivity index (χ0) is 33.1. The third kappa shape index (κ3) is 15.8. The lowest BCUT2D eigenvalue weighted by Crippen LogP contribution is -2.57. The van der Waals surface area contributed by atoms with Crippen molar-refractivity contribution in [3.63, 3.8) is 0 Å². The molecule has 1 aromatic carbocycles.